The number of rotatable bonds is 3. The van der Waals surface area contributed by atoms with Crippen molar-refractivity contribution >= 4 is 0 Å². The van der Waals surface area contributed by atoms with Crippen LogP contribution in [0.3, 0.4) is 0 Å². The van der Waals surface area contributed by atoms with Crippen molar-refractivity contribution in [2.45, 2.75) is 37.6 Å². The topological polar surface area (TPSA) is 131 Å². The predicted octanol–water partition coefficient (Wildman–Crippen LogP) is 1.04. The standard InChI is InChI=1S/C21H24O7/c1-28-14-4-2-3-11-15(14)21(27)17-16(19(11)25)20(26)12-7-9(13(23)8-22)5-6-10(12)18(17)24/h2-4,9,13,19,21-27H,5-8H2,1H3. The molecule has 4 atom stereocenters. The lowest BCUT2D eigenvalue weighted by Crippen LogP contribution is -2.30. The molecule has 2 aliphatic rings. The summed E-state index contributed by atoms with van der Waals surface area (Å²) in [5.41, 5.74) is 1.87. The first kappa shape index (κ1) is 19.0. The first-order valence-electron chi connectivity index (χ1n) is 9.31. The number of aliphatic hydroxyl groups excluding tert-OH is 4. The monoisotopic (exact) mass is 388 g/mol. The number of benzene rings is 2. The molecule has 0 fully saturated rings. The predicted molar refractivity (Wildman–Crippen MR) is 99.5 cm³/mol. The fraction of sp³-hybridized carbons (Fsp3) is 0.429. The van der Waals surface area contributed by atoms with Gasteiger partial charge in [-0.15, -0.1) is 0 Å². The highest BCUT2D eigenvalue weighted by Crippen LogP contribution is 2.54. The zero-order valence-electron chi connectivity index (χ0n) is 15.5. The van der Waals surface area contributed by atoms with Crippen LogP contribution in [0.15, 0.2) is 18.2 Å². The maximum atomic E-state index is 11.0. The fourth-order valence-electron chi connectivity index (χ4n) is 4.65. The van der Waals surface area contributed by atoms with Gasteiger partial charge in [0.1, 0.15) is 29.5 Å². The average Bonchev–Trinajstić information content (AvgIpc) is 2.72. The molecule has 6 N–H and O–H groups in total. The lowest BCUT2D eigenvalue weighted by Gasteiger charge is -2.35. The van der Waals surface area contributed by atoms with E-state index in [0.717, 1.165) is 0 Å². The Bertz CT molecular complexity index is 924. The minimum Gasteiger partial charge on any atom is -0.507 e. The Hall–Kier alpha value is -2.32. The quantitative estimate of drug-likeness (QED) is 0.433. The Balaban J connectivity index is 1.91. The summed E-state index contributed by atoms with van der Waals surface area (Å²) in [5.74, 6) is -0.211. The van der Waals surface area contributed by atoms with Gasteiger partial charge in [-0.2, -0.15) is 0 Å². The van der Waals surface area contributed by atoms with Gasteiger partial charge in [0.15, 0.2) is 0 Å². The third-order valence-corrected chi connectivity index (χ3v) is 6.13. The summed E-state index contributed by atoms with van der Waals surface area (Å²) in [5, 5.41) is 63.1. The average molecular weight is 388 g/mol. The molecule has 150 valence electrons. The third-order valence-electron chi connectivity index (χ3n) is 6.13. The van der Waals surface area contributed by atoms with E-state index in [0.29, 0.717) is 40.8 Å². The highest BCUT2D eigenvalue weighted by Gasteiger charge is 2.40. The molecule has 4 rings (SSSR count). The zero-order valence-corrected chi connectivity index (χ0v) is 15.5. The highest BCUT2D eigenvalue weighted by molar-refractivity contribution is 5.67. The van der Waals surface area contributed by atoms with E-state index in [4.69, 9.17) is 4.74 Å². The van der Waals surface area contributed by atoms with Crippen molar-refractivity contribution in [1.29, 1.82) is 0 Å². The molecule has 0 saturated carbocycles. The largest absolute Gasteiger partial charge is 0.507 e. The molecule has 2 aliphatic carbocycles. The number of aliphatic hydroxyl groups is 4. The maximum Gasteiger partial charge on any atom is 0.125 e. The summed E-state index contributed by atoms with van der Waals surface area (Å²) in [6, 6.07) is 4.99. The van der Waals surface area contributed by atoms with E-state index in [2.05, 4.69) is 0 Å². The fourth-order valence-corrected chi connectivity index (χ4v) is 4.65. The first-order chi connectivity index (χ1) is 13.4. The van der Waals surface area contributed by atoms with Gasteiger partial charge in [0.25, 0.3) is 0 Å². The van der Waals surface area contributed by atoms with Crippen LogP contribution >= 0.6 is 0 Å². The van der Waals surface area contributed by atoms with Crippen molar-refractivity contribution in [3.05, 3.63) is 51.6 Å². The number of phenolic OH excluding ortho intramolecular Hbond substituents is 2. The molecule has 4 unspecified atom stereocenters. The molecule has 2 aromatic rings. The molecule has 0 aromatic heterocycles. The smallest absolute Gasteiger partial charge is 0.125 e. The number of ether oxygens (including phenoxy) is 1. The Kier molecular flexibility index (Phi) is 4.71. The SMILES string of the molecule is COc1cccc2c1C(O)c1c(O)c3c(c(O)c1C2O)CC(C(O)CO)CC3. The molecule has 0 bridgehead atoms. The van der Waals surface area contributed by atoms with E-state index < -0.39 is 18.3 Å². The van der Waals surface area contributed by atoms with Crippen molar-refractivity contribution in [1.82, 2.24) is 0 Å². The van der Waals surface area contributed by atoms with E-state index in [9.17, 15) is 30.6 Å². The second-order valence-corrected chi connectivity index (χ2v) is 7.50. The molecule has 28 heavy (non-hydrogen) atoms. The van der Waals surface area contributed by atoms with Gasteiger partial charge in [0, 0.05) is 27.8 Å². The van der Waals surface area contributed by atoms with Crippen LogP contribution in [0.4, 0.5) is 0 Å². The summed E-state index contributed by atoms with van der Waals surface area (Å²) in [6.45, 7) is -0.383. The van der Waals surface area contributed by atoms with Crippen LogP contribution in [-0.2, 0) is 12.8 Å². The highest BCUT2D eigenvalue weighted by atomic mass is 16.5. The van der Waals surface area contributed by atoms with Crippen molar-refractivity contribution in [2.24, 2.45) is 5.92 Å². The van der Waals surface area contributed by atoms with Gasteiger partial charge in [0.05, 0.1) is 19.8 Å². The zero-order chi connectivity index (χ0) is 20.2. The van der Waals surface area contributed by atoms with Crippen molar-refractivity contribution < 1.29 is 35.4 Å². The number of fused-ring (bicyclic) bond motifs is 3. The second kappa shape index (κ2) is 6.93. The van der Waals surface area contributed by atoms with E-state index >= 15 is 0 Å². The van der Waals surface area contributed by atoms with Crippen molar-refractivity contribution in [3.63, 3.8) is 0 Å². The van der Waals surface area contributed by atoms with Crippen LogP contribution in [-0.4, -0.2) is 50.5 Å². The lowest BCUT2D eigenvalue weighted by atomic mass is 9.73. The van der Waals surface area contributed by atoms with E-state index in [1.54, 1.807) is 18.2 Å². The molecule has 0 spiro atoms. The normalized spacial score (nSPS) is 24.1. The first-order valence-corrected chi connectivity index (χ1v) is 9.31. The third kappa shape index (κ3) is 2.58. The molecule has 2 aromatic carbocycles. The molecule has 7 heteroatoms. The van der Waals surface area contributed by atoms with Gasteiger partial charge < -0.3 is 35.4 Å². The van der Waals surface area contributed by atoms with Gasteiger partial charge in [-0.25, -0.2) is 0 Å². The Labute approximate surface area is 162 Å². The molecular formula is C21H24O7. The number of methoxy groups -OCH3 is 1. The number of aromatic hydroxyl groups is 2. The van der Waals surface area contributed by atoms with Crippen LogP contribution < -0.4 is 4.74 Å². The molecule has 0 amide bonds. The molecular weight excluding hydrogens is 364 g/mol. The number of hydrogen-bond donors (Lipinski definition) is 6. The van der Waals surface area contributed by atoms with Crippen LogP contribution in [0.5, 0.6) is 17.2 Å². The Morgan fingerprint density at radius 1 is 1.04 bits per heavy atom. The summed E-state index contributed by atoms with van der Waals surface area (Å²) >= 11 is 0. The minimum atomic E-state index is -1.26. The lowest BCUT2D eigenvalue weighted by molar-refractivity contribution is 0.0412. The summed E-state index contributed by atoms with van der Waals surface area (Å²) in [6.07, 6.45) is -2.27. The maximum absolute atomic E-state index is 11.0. The van der Waals surface area contributed by atoms with Crippen LogP contribution in [0.1, 0.15) is 52.0 Å². The number of hydrogen-bond acceptors (Lipinski definition) is 7. The summed E-state index contributed by atoms with van der Waals surface area (Å²) in [4.78, 5) is 0. The van der Waals surface area contributed by atoms with Crippen LogP contribution in [0.2, 0.25) is 0 Å². The Morgan fingerprint density at radius 2 is 1.71 bits per heavy atom. The minimum absolute atomic E-state index is 0.0728. The van der Waals surface area contributed by atoms with Crippen LogP contribution in [0, 0.1) is 5.92 Å². The van der Waals surface area contributed by atoms with Gasteiger partial charge in [-0.3, -0.25) is 0 Å². The molecule has 0 aliphatic heterocycles. The summed E-state index contributed by atoms with van der Waals surface area (Å²) < 4.78 is 5.32. The number of phenols is 2. The van der Waals surface area contributed by atoms with E-state index in [1.807, 2.05) is 0 Å². The second-order valence-electron chi connectivity index (χ2n) is 7.50. The van der Waals surface area contributed by atoms with Gasteiger partial charge in [-0.05, 0) is 36.8 Å². The van der Waals surface area contributed by atoms with E-state index in [1.165, 1.54) is 7.11 Å². The van der Waals surface area contributed by atoms with Gasteiger partial charge in [0.2, 0.25) is 0 Å². The van der Waals surface area contributed by atoms with Crippen molar-refractivity contribution in [2.75, 3.05) is 13.7 Å². The van der Waals surface area contributed by atoms with Gasteiger partial charge >= 0.3 is 0 Å². The van der Waals surface area contributed by atoms with Crippen molar-refractivity contribution in [3.8, 4) is 17.2 Å². The molecule has 7 nitrogen and oxygen atoms in total. The molecule has 0 saturated heterocycles. The summed E-state index contributed by atoms with van der Waals surface area (Å²) in [7, 11) is 1.46. The molecule has 0 radical (unpaired) electrons. The Morgan fingerprint density at radius 3 is 2.39 bits per heavy atom. The van der Waals surface area contributed by atoms with Crippen LogP contribution in [0.25, 0.3) is 0 Å². The van der Waals surface area contributed by atoms with E-state index in [-0.39, 0.29) is 41.6 Å². The van der Waals surface area contributed by atoms with Gasteiger partial charge in [-0.1, -0.05) is 12.1 Å². The molecule has 0 heterocycles.